The molecule has 5 nitrogen and oxygen atoms in total. The third-order valence-corrected chi connectivity index (χ3v) is 2.77. The molecule has 0 radical (unpaired) electrons. The van der Waals surface area contributed by atoms with Gasteiger partial charge in [0, 0.05) is 7.05 Å². The molecule has 0 aliphatic rings. The minimum Gasteiger partial charge on any atom is -0.478 e. The van der Waals surface area contributed by atoms with Gasteiger partial charge in [-0.25, -0.2) is 13.6 Å². The van der Waals surface area contributed by atoms with Gasteiger partial charge in [0.15, 0.2) is 11.6 Å². The summed E-state index contributed by atoms with van der Waals surface area (Å²) in [6.45, 7) is 1.19. The Labute approximate surface area is 108 Å². The minimum absolute atomic E-state index is 0.339. The second-order valence-corrected chi connectivity index (χ2v) is 4.06. The van der Waals surface area contributed by atoms with Crippen molar-refractivity contribution < 1.29 is 28.6 Å². The number of aliphatic hydroxyl groups excluding tert-OH is 1. The maximum absolute atomic E-state index is 13.1. The predicted octanol–water partition coefficient (Wildman–Crippen LogP) is 1.12. The Morgan fingerprint density at radius 3 is 2.16 bits per heavy atom. The molecule has 0 aromatic heterocycles. The number of amides is 1. The number of aliphatic hydroxyl groups is 1. The summed E-state index contributed by atoms with van der Waals surface area (Å²) in [6, 6.07) is 0.423. The van der Waals surface area contributed by atoms with Gasteiger partial charge in [-0.05, 0) is 19.1 Å². The molecule has 2 N–H and O–H groups in total. The molecule has 19 heavy (non-hydrogen) atoms. The van der Waals surface area contributed by atoms with Crippen LogP contribution in [-0.4, -0.2) is 46.7 Å². The van der Waals surface area contributed by atoms with Crippen LogP contribution in [0.25, 0.3) is 0 Å². The molecule has 1 atom stereocenters. The van der Waals surface area contributed by atoms with Gasteiger partial charge < -0.3 is 15.1 Å². The summed E-state index contributed by atoms with van der Waals surface area (Å²) in [7, 11) is 1.33. The van der Waals surface area contributed by atoms with Crippen LogP contribution < -0.4 is 0 Å². The lowest BCUT2D eigenvalue weighted by Gasteiger charge is -2.23. The Hall–Kier alpha value is -2.02. The third-order valence-electron chi connectivity index (χ3n) is 2.77. The molecule has 1 aromatic carbocycles. The summed E-state index contributed by atoms with van der Waals surface area (Å²) in [5.41, 5.74) is -1.09. The second kappa shape index (κ2) is 5.75. The number of halogens is 2. The SMILES string of the molecule is CC(CO)N(C)C(=O)c1cc(F)c(F)cc1C(=O)O. The van der Waals surface area contributed by atoms with Crippen molar-refractivity contribution in [1.29, 1.82) is 0 Å². The Bertz CT molecular complexity index is 519. The van der Waals surface area contributed by atoms with E-state index in [1.54, 1.807) is 0 Å². The lowest BCUT2D eigenvalue weighted by Crippen LogP contribution is -2.38. The molecule has 1 unspecified atom stereocenters. The van der Waals surface area contributed by atoms with Crippen molar-refractivity contribution in [3.05, 3.63) is 34.9 Å². The highest BCUT2D eigenvalue weighted by molar-refractivity contribution is 6.04. The number of carbonyl (C=O) groups excluding carboxylic acids is 1. The average Bonchev–Trinajstić information content (AvgIpc) is 2.38. The molecule has 0 aliphatic heterocycles. The van der Waals surface area contributed by atoms with Gasteiger partial charge in [0.1, 0.15) is 0 Å². The first-order valence-corrected chi connectivity index (χ1v) is 5.40. The van der Waals surface area contributed by atoms with Gasteiger partial charge in [-0.15, -0.1) is 0 Å². The zero-order valence-electron chi connectivity index (χ0n) is 10.4. The van der Waals surface area contributed by atoms with Gasteiger partial charge in [-0.3, -0.25) is 4.79 Å². The fourth-order valence-electron chi connectivity index (χ4n) is 1.41. The lowest BCUT2D eigenvalue weighted by atomic mass is 10.1. The first kappa shape index (κ1) is 15.0. The van der Waals surface area contributed by atoms with E-state index in [1.807, 2.05) is 0 Å². The zero-order chi connectivity index (χ0) is 14.7. The summed E-state index contributed by atoms with van der Waals surface area (Å²) in [6.07, 6.45) is 0. The topological polar surface area (TPSA) is 77.8 Å². The first-order chi connectivity index (χ1) is 8.79. The summed E-state index contributed by atoms with van der Waals surface area (Å²) in [4.78, 5) is 24.0. The number of nitrogens with zero attached hydrogens (tertiary/aromatic N) is 1. The highest BCUT2D eigenvalue weighted by atomic mass is 19.2. The molecule has 1 rings (SSSR count). The number of hydrogen-bond donors (Lipinski definition) is 2. The number of carboxylic acid groups (broad SMARTS) is 1. The Kier molecular flexibility index (Phi) is 4.55. The van der Waals surface area contributed by atoms with Gasteiger partial charge in [-0.1, -0.05) is 0 Å². The van der Waals surface area contributed by atoms with E-state index in [4.69, 9.17) is 10.2 Å². The monoisotopic (exact) mass is 273 g/mol. The van der Waals surface area contributed by atoms with Crippen LogP contribution in [0.3, 0.4) is 0 Å². The molecular weight excluding hydrogens is 260 g/mol. The predicted molar refractivity (Wildman–Crippen MR) is 62.0 cm³/mol. The molecule has 0 saturated heterocycles. The molecule has 1 aromatic rings. The number of aromatic carboxylic acids is 1. The van der Waals surface area contributed by atoms with E-state index in [-0.39, 0.29) is 6.61 Å². The molecule has 7 heteroatoms. The molecule has 0 fully saturated rings. The largest absolute Gasteiger partial charge is 0.478 e. The maximum atomic E-state index is 13.1. The number of carboxylic acids is 1. The normalized spacial score (nSPS) is 12.1. The maximum Gasteiger partial charge on any atom is 0.336 e. The smallest absolute Gasteiger partial charge is 0.336 e. The molecule has 104 valence electrons. The number of hydrogen-bond acceptors (Lipinski definition) is 3. The molecule has 0 bridgehead atoms. The van der Waals surface area contributed by atoms with Crippen molar-refractivity contribution in [3.8, 4) is 0 Å². The number of carbonyl (C=O) groups is 2. The zero-order valence-corrected chi connectivity index (χ0v) is 10.4. The quantitative estimate of drug-likeness (QED) is 0.861. The van der Waals surface area contributed by atoms with E-state index in [0.29, 0.717) is 12.1 Å². The van der Waals surface area contributed by atoms with Crippen LogP contribution in [0.15, 0.2) is 12.1 Å². The van der Waals surface area contributed by atoms with Crippen molar-refractivity contribution in [2.45, 2.75) is 13.0 Å². The van der Waals surface area contributed by atoms with Crippen molar-refractivity contribution in [3.63, 3.8) is 0 Å². The van der Waals surface area contributed by atoms with Crippen LogP contribution >= 0.6 is 0 Å². The van der Waals surface area contributed by atoms with Crippen LogP contribution in [0, 0.1) is 11.6 Å². The molecule has 0 spiro atoms. The van der Waals surface area contributed by atoms with Crippen molar-refractivity contribution in [2.24, 2.45) is 0 Å². The van der Waals surface area contributed by atoms with E-state index >= 15 is 0 Å². The van der Waals surface area contributed by atoms with E-state index in [0.717, 1.165) is 4.90 Å². The molecular formula is C12H13F2NO4. The van der Waals surface area contributed by atoms with Gasteiger partial charge in [0.05, 0.1) is 23.8 Å². The Balaban J connectivity index is 3.29. The van der Waals surface area contributed by atoms with Gasteiger partial charge in [-0.2, -0.15) is 0 Å². The Morgan fingerprint density at radius 1 is 1.26 bits per heavy atom. The molecule has 0 aliphatic carbocycles. The number of benzene rings is 1. The van der Waals surface area contributed by atoms with E-state index in [2.05, 4.69) is 0 Å². The number of rotatable bonds is 4. The van der Waals surface area contributed by atoms with Crippen LogP contribution in [-0.2, 0) is 0 Å². The fraction of sp³-hybridized carbons (Fsp3) is 0.333. The van der Waals surface area contributed by atoms with Crippen molar-refractivity contribution in [2.75, 3.05) is 13.7 Å². The van der Waals surface area contributed by atoms with Crippen LogP contribution in [0.1, 0.15) is 27.6 Å². The second-order valence-electron chi connectivity index (χ2n) is 4.06. The summed E-state index contributed by atoms with van der Waals surface area (Å²) < 4.78 is 26.1. The van der Waals surface area contributed by atoms with E-state index in [9.17, 15) is 18.4 Å². The van der Waals surface area contributed by atoms with E-state index in [1.165, 1.54) is 14.0 Å². The molecule has 0 saturated carbocycles. The van der Waals surface area contributed by atoms with Gasteiger partial charge in [0.2, 0.25) is 0 Å². The molecule has 0 heterocycles. The lowest BCUT2D eigenvalue weighted by molar-refractivity contribution is 0.0647. The standard InChI is InChI=1S/C12H13F2NO4/c1-6(5-16)15(2)11(17)7-3-9(13)10(14)4-8(7)12(18)19/h3-4,6,16H,5H2,1-2H3,(H,18,19). The summed E-state index contributed by atoms with van der Waals surface area (Å²) in [5.74, 6) is -4.99. The van der Waals surface area contributed by atoms with Gasteiger partial charge >= 0.3 is 5.97 Å². The first-order valence-electron chi connectivity index (χ1n) is 5.40. The third kappa shape index (κ3) is 3.05. The van der Waals surface area contributed by atoms with Crippen molar-refractivity contribution >= 4 is 11.9 Å². The van der Waals surface area contributed by atoms with Crippen LogP contribution in [0.4, 0.5) is 8.78 Å². The van der Waals surface area contributed by atoms with E-state index < -0.39 is 40.7 Å². The van der Waals surface area contributed by atoms with Crippen molar-refractivity contribution in [1.82, 2.24) is 4.90 Å². The number of likely N-dealkylation sites (N-methyl/N-ethyl adjacent to an activating group) is 1. The van der Waals surface area contributed by atoms with Crippen LogP contribution in [0.5, 0.6) is 0 Å². The summed E-state index contributed by atoms with van der Waals surface area (Å²) >= 11 is 0. The highest BCUT2D eigenvalue weighted by Gasteiger charge is 2.24. The van der Waals surface area contributed by atoms with Crippen LogP contribution in [0.2, 0.25) is 0 Å². The Morgan fingerprint density at radius 2 is 1.74 bits per heavy atom. The highest BCUT2D eigenvalue weighted by Crippen LogP contribution is 2.17. The molecule has 1 amide bonds. The fourth-order valence-corrected chi connectivity index (χ4v) is 1.41. The minimum atomic E-state index is -1.53. The van der Waals surface area contributed by atoms with Gasteiger partial charge in [0.25, 0.3) is 5.91 Å². The average molecular weight is 273 g/mol. The summed E-state index contributed by atoms with van der Waals surface area (Å²) in [5, 5.41) is 17.8.